The first-order valence-electron chi connectivity index (χ1n) is 5.44. The molecule has 3 nitrogen and oxygen atoms in total. The lowest BCUT2D eigenvalue weighted by molar-refractivity contribution is 0.418. The highest BCUT2D eigenvalue weighted by atomic mass is 32.1. The van der Waals surface area contributed by atoms with Crippen LogP contribution in [-0.2, 0) is 0 Å². The number of hydrogen-bond donors (Lipinski definition) is 1. The molecule has 1 aliphatic heterocycles. The molecule has 4 heteroatoms. The summed E-state index contributed by atoms with van der Waals surface area (Å²) in [6.45, 7) is 8.84. The molecule has 0 aromatic carbocycles. The fourth-order valence-electron chi connectivity index (χ4n) is 1.91. The van der Waals surface area contributed by atoms with Crippen molar-refractivity contribution in [1.29, 1.82) is 0 Å². The van der Waals surface area contributed by atoms with Gasteiger partial charge >= 0.3 is 0 Å². The predicted molar refractivity (Wildman–Crippen MR) is 65.3 cm³/mol. The molecule has 0 saturated carbocycles. The first-order chi connectivity index (χ1) is 6.98. The average Bonchev–Trinajstić information content (AvgIpc) is 2.70. The molecule has 1 unspecified atom stereocenters. The van der Waals surface area contributed by atoms with E-state index in [1.165, 1.54) is 6.42 Å². The molecule has 1 atom stereocenters. The lowest BCUT2D eigenvalue weighted by Gasteiger charge is -2.18. The average molecular weight is 225 g/mol. The summed E-state index contributed by atoms with van der Waals surface area (Å²) < 4.78 is 0. The van der Waals surface area contributed by atoms with Gasteiger partial charge in [0.25, 0.3) is 0 Å². The SMILES string of the molecule is CC(N)c1csc(N2CCC(C)(C)C2)n1. The van der Waals surface area contributed by atoms with Crippen molar-refractivity contribution in [2.45, 2.75) is 33.2 Å². The van der Waals surface area contributed by atoms with Gasteiger partial charge in [-0.05, 0) is 18.8 Å². The minimum atomic E-state index is 0.0469. The van der Waals surface area contributed by atoms with Crippen molar-refractivity contribution in [3.8, 4) is 0 Å². The van der Waals surface area contributed by atoms with Crippen LogP contribution in [0.4, 0.5) is 5.13 Å². The zero-order chi connectivity index (χ0) is 11.1. The van der Waals surface area contributed by atoms with Crippen LogP contribution in [0, 0.1) is 5.41 Å². The number of anilines is 1. The number of nitrogens with zero attached hydrogens (tertiary/aromatic N) is 2. The number of hydrogen-bond acceptors (Lipinski definition) is 4. The van der Waals surface area contributed by atoms with E-state index < -0.39 is 0 Å². The predicted octanol–water partition coefficient (Wildman–Crippen LogP) is 2.40. The molecule has 1 fully saturated rings. The zero-order valence-electron chi connectivity index (χ0n) is 9.66. The van der Waals surface area contributed by atoms with Gasteiger partial charge in [0.1, 0.15) is 0 Å². The molecule has 2 rings (SSSR count). The Bertz CT molecular complexity index is 343. The maximum absolute atomic E-state index is 5.80. The largest absolute Gasteiger partial charge is 0.348 e. The highest BCUT2D eigenvalue weighted by Gasteiger charge is 2.30. The van der Waals surface area contributed by atoms with Gasteiger partial charge in [0.05, 0.1) is 5.69 Å². The molecule has 2 heterocycles. The summed E-state index contributed by atoms with van der Waals surface area (Å²) in [6.07, 6.45) is 1.25. The molecular formula is C11H19N3S. The van der Waals surface area contributed by atoms with Crippen molar-refractivity contribution < 1.29 is 0 Å². The van der Waals surface area contributed by atoms with Gasteiger partial charge in [-0.2, -0.15) is 0 Å². The molecule has 1 aliphatic rings. The van der Waals surface area contributed by atoms with Gasteiger partial charge in [0, 0.05) is 24.5 Å². The molecule has 1 aromatic heterocycles. The van der Waals surface area contributed by atoms with Gasteiger partial charge in [-0.1, -0.05) is 13.8 Å². The van der Waals surface area contributed by atoms with Crippen LogP contribution in [0.15, 0.2) is 5.38 Å². The Morgan fingerprint density at radius 1 is 1.60 bits per heavy atom. The molecule has 0 aliphatic carbocycles. The van der Waals surface area contributed by atoms with Crippen LogP contribution in [0.2, 0.25) is 0 Å². The Labute approximate surface area is 95.3 Å². The minimum Gasteiger partial charge on any atom is -0.348 e. The third-order valence-electron chi connectivity index (χ3n) is 2.92. The van der Waals surface area contributed by atoms with Gasteiger partial charge < -0.3 is 10.6 Å². The van der Waals surface area contributed by atoms with E-state index in [0.717, 1.165) is 23.9 Å². The molecule has 1 saturated heterocycles. The summed E-state index contributed by atoms with van der Waals surface area (Å²) in [6, 6.07) is 0.0469. The van der Waals surface area contributed by atoms with Crippen molar-refractivity contribution in [2.24, 2.45) is 11.1 Å². The Hall–Kier alpha value is -0.610. The van der Waals surface area contributed by atoms with Crippen LogP contribution in [0.25, 0.3) is 0 Å². The van der Waals surface area contributed by atoms with Crippen molar-refractivity contribution >= 4 is 16.5 Å². The third-order valence-corrected chi connectivity index (χ3v) is 3.84. The van der Waals surface area contributed by atoms with Gasteiger partial charge in [-0.25, -0.2) is 4.98 Å². The smallest absolute Gasteiger partial charge is 0.185 e. The van der Waals surface area contributed by atoms with Crippen molar-refractivity contribution in [3.05, 3.63) is 11.1 Å². The minimum absolute atomic E-state index is 0.0469. The van der Waals surface area contributed by atoms with Gasteiger partial charge in [-0.15, -0.1) is 11.3 Å². The first kappa shape index (κ1) is 10.9. The lowest BCUT2D eigenvalue weighted by atomic mass is 9.93. The number of nitrogens with two attached hydrogens (primary N) is 1. The second kappa shape index (κ2) is 3.76. The van der Waals surface area contributed by atoms with Crippen molar-refractivity contribution in [2.75, 3.05) is 18.0 Å². The fourth-order valence-corrected chi connectivity index (χ4v) is 2.86. The van der Waals surface area contributed by atoms with E-state index in [1.54, 1.807) is 11.3 Å². The van der Waals surface area contributed by atoms with Crippen molar-refractivity contribution in [3.63, 3.8) is 0 Å². The van der Waals surface area contributed by atoms with Gasteiger partial charge in [0.15, 0.2) is 5.13 Å². The number of thiazole rings is 1. The monoisotopic (exact) mass is 225 g/mol. The Morgan fingerprint density at radius 2 is 2.33 bits per heavy atom. The highest BCUT2D eigenvalue weighted by molar-refractivity contribution is 7.13. The standard InChI is InChI=1S/C11H19N3S/c1-8(12)9-6-15-10(13-9)14-5-4-11(2,3)7-14/h6,8H,4-5,7,12H2,1-3H3. The quantitative estimate of drug-likeness (QED) is 0.840. The highest BCUT2D eigenvalue weighted by Crippen LogP contribution is 2.34. The molecule has 84 valence electrons. The van der Waals surface area contributed by atoms with Crippen LogP contribution in [0.5, 0.6) is 0 Å². The van der Waals surface area contributed by atoms with Crippen LogP contribution in [-0.4, -0.2) is 18.1 Å². The Morgan fingerprint density at radius 3 is 2.80 bits per heavy atom. The molecule has 0 amide bonds. The third kappa shape index (κ3) is 2.32. The van der Waals surface area contributed by atoms with E-state index in [9.17, 15) is 0 Å². The molecular weight excluding hydrogens is 206 g/mol. The van der Waals surface area contributed by atoms with Crippen LogP contribution in [0.1, 0.15) is 38.9 Å². The Balaban J connectivity index is 2.11. The maximum atomic E-state index is 5.80. The van der Waals surface area contributed by atoms with E-state index in [1.807, 2.05) is 6.92 Å². The summed E-state index contributed by atoms with van der Waals surface area (Å²) in [4.78, 5) is 6.95. The van der Waals surface area contributed by atoms with Gasteiger partial charge in [-0.3, -0.25) is 0 Å². The zero-order valence-corrected chi connectivity index (χ0v) is 10.5. The second-order valence-corrected chi connectivity index (χ2v) is 6.02. The number of rotatable bonds is 2. The normalized spacial score (nSPS) is 22.0. The van der Waals surface area contributed by atoms with E-state index >= 15 is 0 Å². The topological polar surface area (TPSA) is 42.1 Å². The van der Waals surface area contributed by atoms with Crippen LogP contribution in [0.3, 0.4) is 0 Å². The van der Waals surface area contributed by atoms with E-state index in [2.05, 4.69) is 29.1 Å². The summed E-state index contributed by atoms with van der Waals surface area (Å²) in [5.41, 5.74) is 7.25. The molecule has 0 radical (unpaired) electrons. The lowest BCUT2D eigenvalue weighted by Crippen LogP contribution is -2.22. The maximum Gasteiger partial charge on any atom is 0.185 e. The van der Waals surface area contributed by atoms with Crippen LogP contribution < -0.4 is 10.6 Å². The summed E-state index contributed by atoms with van der Waals surface area (Å²) in [5, 5.41) is 3.21. The summed E-state index contributed by atoms with van der Waals surface area (Å²) in [5.74, 6) is 0. The molecule has 15 heavy (non-hydrogen) atoms. The summed E-state index contributed by atoms with van der Waals surface area (Å²) >= 11 is 1.71. The van der Waals surface area contributed by atoms with Gasteiger partial charge in [0.2, 0.25) is 0 Å². The number of aromatic nitrogens is 1. The van der Waals surface area contributed by atoms with E-state index in [-0.39, 0.29) is 6.04 Å². The van der Waals surface area contributed by atoms with E-state index in [0.29, 0.717) is 5.41 Å². The Kier molecular flexibility index (Phi) is 2.73. The second-order valence-electron chi connectivity index (χ2n) is 5.18. The van der Waals surface area contributed by atoms with Crippen LogP contribution >= 0.6 is 11.3 Å². The first-order valence-corrected chi connectivity index (χ1v) is 6.32. The molecule has 1 aromatic rings. The molecule has 0 spiro atoms. The van der Waals surface area contributed by atoms with Crippen molar-refractivity contribution in [1.82, 2.24) is 4.98 Å². The fraction of sp³-hybridized carbons (Fsp3) is 0.727. The summed E-state index contributed by atoms with van der Waals surface area (Å²) in [7, 11) is 0. The molecule has 2 N–H and O–H groups in total. The van der Waals surface area contributed by atoms with E-state index in [4.69, 9.17) is 5.73 Å². The molecule has 0 bridgehead atoms.